The highest BCUT2D eigenvalue weighted by molar-refractivity contribution is 5.54. The summed E-state index contributed by atoms with van der Waals surface area (Å²) in [6.45, 7) is 5.31. The Labute approximate surface area is 97.1 Å². The highest BCUT2D eigenvalue weighted by Crippen LogP contribution is 2.14. The summed E-state index contributed by atoms with van der Waals surface area (Å²) < 4.78 is 0. The molecule has 3 N–H and O–H groups in total. The number of rotatable bonds is 7. The molecule has 0 aliphatic carbocycles. The fourth-order valence-corrected chi connectivity index (χ4v) is 1.57. The molecule has 1 aromatic heterocycles. The first-order chi connectivity index (χ1) is 7.76. The highest BCUT2D eigenvalue weighted by atomic mass is 16.2. The minimum absolute atomic E-state index is 0.252. The number of hydrogen-bond acceptors (Lipinski definition) is 4. The van der Waals surface area contributed by atoms with Crippen molar-refractivity contribution >= 4 is 11.4 Å². The van der Waals surface area contributed by atoms with E-state index in [0.717, 1.165) is 30.8 Å². The van der Waals surface area contributed by atoms with Crippen LogP contribution in [-0.2, 0) is 0 Å². The lowest BCUT2D eigenvalue weighted by molar-refractivity contribution is 0.282. The fourth-order valence-electron chi connectivity index (χ4n) is 1.57. The van der Waals surface area contributed by atoms with E-state index in [1.54, 1.807) is 0 Å². The minimum atomic E-state index is 0.252. The Morgan fingerprint density at radius 2 is 2.12 bits per heavy atom. The van der Waals surface area contributed by atoms with E-state index in [1.165, 1.54) is 0 Å². The number of aliphatic hydroxyl groups excluding tert-OH is 1. The number of pyridine rings is 1. The molecule has 0 spiro atoms. The summed E-state index contributed by atoms with van der Waals surface area (Å²) in [4.78, 5) is 4.16. The second-order valence-corrected chi connectivity index (χ2v) is 3.90. The van der Waals surface area contributed by atoms with Gasteiger partial charge in [0.15, 0.2) is 0 Å². The van der Waals surface area contributed by atoms with Crippen LogP contribution in [0.4, 0.5) is 11.4 Å². The summed E-state index contributed by atoms with van der Waals surface area (Å²) >= 11 is 0. The molecule has 4 nitrogen and oxygen atoms in total. The van der Waals surface area contributed by atoms with E-state index in [4.69, 9.17) is 5.11 Å². The summed E-state index contributed by atoms with van der Waals surface area (Å²) in [7, 11) is 0. The topological polar surface area (TPSA) is 57.2 Å². The first kappa shape index (κ1) is 12.8. The summed E-state index contributed by atoms with van der Waals surface area (Å²) in [5.74, 6) is 0. The Hall–Kier alpha value is -1.29. The van der Waals surface area contributed by atoms with E-state index in [9.17, 15) is 0 Å². The predicted octanol–water partition coefficient (Wildman–Crippen LogP) is 2.09. The summed E-state index contributed by atoms with van der Waals surface area (Å²) in [6, 6.07) is 2.40. The smallest absolute Gasteiger partial charge is 0.0549 e. The largest absolute Gasteiger partial charge is 0.396 e. The molecule has 0 saturated carbocycles. The van der Waals surface area contributed by atoms with Crippen molar-refractivity contribution < 1.29 is 5.11 Å². The van der Waals surface area contributed by atoms with Crippen molar-refractivity contribution in [2.45, 2.75) is 32.7 Å². The monoisotopic (exact) mass is 223 g/mol. The number of aromatic nitrogens is 1. The first-order valence-corrected chi connectivity index (χ1v) is 5.82. The van der Waals surface area contributed by atoms with Crippen LogP contribution in [-0.4, -0.2) is 29.3 Å². The predicted molar refractivity (Wildman–Crippen MR) is 67.8 cm³/mol. The van der Waals surface area contributed by atoms with Gasteiger partial charge in [-0.15, -0.1) is 0 Å². The van der Waals surface area contributed by atoms with Gasteiger partial charge in [-0.3, -0.25) is 4.98 Å². The third kappa shape index (κ3) is 4.49. The van der Waals surface area contributed by atoms with Crippen LogP contribution in [0.25, 0.3) is 0 Å². The van der Waals surface area contributed by atoms with Gasteiger partial charge in [-0.05, 0) is 32.8 Å². The molecule has 90 valence electrons. The van der Waals surface area contributed by atoms with Gasteiger partial charge in [0.1, 0.15) is 0 Å². The lowest BCUT2D eigenvalue weighted by Gasteiger charge is -2.15. The Kier molecular flexibility index (Phi) is 5.64. The van der Waals surface area contributed by atoms with Gasteiger partial charge in [0, 0.05) is 19.2 Å². The normalized spacial score (nSPS) is 12.2. The lowest BCUT2D eigenvalue weighted by atomic mass is 10.2. The molecule has 1 aromatic rings. The van der Waals surface area contributed by atoms with Crippen molar-refractivity contribution in [2.75, 3.05) is 23.8 Å². The number of anilines is 2. The Morgan fingerprint density at radius 3 is 2.81 bits per heavy atom. The first-order valence-electron chi connectivity index (χ1n) is 5.82. The molecular weight excluding hydrogens is 202 g/mol. The van der Waals surface area contributed by atoms with Crippen LogP contribution in [0.3, 0.4) is 0 Å². The molecular formula is C12H21N3O. The third-order valence-electron chi connectivity index (χ3n) is 2.33. The highest BCUT2D eigenvalue weighted by Gasteiger charge is 2.02. The maximum absolute atomic E-state index is 8.75. The van der Waals surface area contributed by atoms with E-state index < -0.39 is 0 Å². The van der Waals surface area contributed by atoms with Gasteiger partial charge in [0.2, 0.25) is 0 Å². The quantitative estimate of drug-likeness (QED) is 0.662. The molecule has 1 unspecified atom stereocenters. The third-order valence-corrected chi connectivity index (χ3v) is 2.33. The van der Waals surface area contributed by atoms with Crippen molar-refractivity contribution in [3.8, 4) is 0 Å². The number of aliphatic hydroxyl groups is 1. The molecule has 1 heterocycles. The second-order valence-electron chi connectivity index (χ2n) is 3.90. The van der Waals surface area contributed by atoms with Crippen LogP contribution in [0.15, 0.2) is 18.5 Å². The molecule has 0 aromatic carbocycles. The van der Waals surface area contributed by atoms with Gasteiger partial charge in [0.25, 0.3) is 0 Å². The Morgan fingerprint density at radius 1 is 1.38 bits per heavy atom. The fraction of sp³-hybridized carbons (Fsp3) is 0.583. The van der Waals surface area contributed by atoms with E-state index in [0.29, 0.717) is 6.04 Å². The zero-order valence-electron chi connectivity index (χ0n) is 10.0. The molecule has 0 amide bonds. The van der Waals surface area contributed by atoms with Crippen molar-refractivity contribution in [3.63, 3.8) is 0 Å². The maximum atomic E-state index is 8.75. The van der Waals surface area contributed by atoms with Crippen LogP contribution < -0.4 is 10.6 Å². The maximum Gasteiger partial charge on any atom is 0.0549 e. The van der Waals surface area contributed by atoms with Gasteiger partial charge in [0.05, 0.1) is 23.8 Å². The van der Waals surface area contributed by atoms with Crippen LogP contribution in [0, 0.1) is 0 Å². The average molecular weight is 223 g/mol. The number of hydrogen-bond donors (Lipinski definition) is 3. The molecule has 0 radical (unpaired) electrons. The van der Waals surface area contributed by atoms with Crippen LogP contribution in [0.5, 0.6) is 0 Å². The van der Waals surface area contributed by atoms with Crippen LogP contribution in [0.2, 0.25) is 0 Å². The Bertz CT molecular complexity index is 304. The summed E-state index contributed by atoms with van der Waals surface area (Å²) in [5.41, 5.74) is 2.05. The van der Waals surface area contributed by atoms with E-state index >= 15 is 0 Å². The molecule has 0 fully saturated rings. The van der Waals surface area contributed by atoms with Crippen molar-refractivity contribution in [1.82, 2.24) is 4.98 Å². The lowest BCUT2D eigenvalue weighted by Crippen LogP contribution is -2.15. The van der Waals surface area contributed by atoms with Crippen LogP contribution >= 0.6 is 0 Å². The summed E-state index contributed by atoms with van der Waals surface area (Å²) in [5, 5.41) is 15.3. The zero-order chi connectivity index (χ0) is 11.8. The standard InChI is InChI=1S/C12H21N3O/c1-3-14-11-7-12(9-13-8-11)15-10(2)5-4-6-16/h7-10,14-16H,3-6H2,1-2H3. The van der Waals surface area contributed by atoms with Crippen molar-refractivity contribution in [3.05, 3.63) is 18.5 Å². The Balaban J connectivity index is 2.49. The van der Waals surface area contributed by atoms with Crippen LogP contribution in [0.1, 0.15) is 26.7 Å². The minimum Gasteiger partial charge on any atom is -0.396 e. The number of nitrogens with one attached hydrogen (secondary N) is 2. The van der Waals surface area contributed by atoms with Gasteiger partial charge in [-0.1, -0.05) is 0 Å². The molecule has 4 heteroatoms. The van der Waals surface area contributed by atoms with E-state index in [2.05, 4.69) is 29.5 Å². The van der Waals surface area contributed by atoms with E-state index in [1.807, 2.05) is 18.5 Å². The van der Waals surface area contributed by atoms with Gasteiger partial charge >= 0.3 is 0 Å². The van der Waals surface area contributed by atoms with E-state index in [-0.39, 0.29) is 6.61 Å². The van der Waals surface area contributed by atoms with Gasteiger partial charge in [-0.2, -0.15) is 0 Å². The second kappa shape index (κ2) is 7.06. The van der Waals surface area contributed by atoms with Crippen molar-refractivity contribution in [2.24, 2.45) is 0 Å². The van der Waals surface area contributed by atoms with Gasteiger partial charge < -0.3 is 15.7 Å². The molecule has 16 heavy (non-hydrogen) atoms. The molecule has 0 aliphatic heterocycles. The SMILES string of the molecule is CCNc1cncc(NC(C)CCCO)c1. The van der Waals surface area contributed by atoms with Crippen molar-refractivity contribution in [1.29, 1.82) is 0 Å². The number of nitrogens with zero attached hydrogens (tertiary/aromatic N) is 1. The summed E-state index contributed by atoms with van der Waals surface area (Å²) in [6.07, 6.45) is 5.42. The molecule has 1 atom stereocenters. The molecule has 1 rings (SSSR count). The molecule has 0 aliphatic rings. The average Bonchev–Trinajstić information content (AvgIpc) is 2.27. The zero-order valence-corrected chi connectivity index (χ0v) is 10.0. The molecule has 0 bridgehead atoms. The molecule has 0 saturated heterocycles. The van der Waals surface area contributed by atoms with Gasteiger partial charge in [-0.25, -0.2) is 0 Å².